The summed E-state index contributed by atoms with van der Waals surface area (Å²) in [5.74, 6) is 0.769. The van der Waals surface area contributed by atoms with E-state index in [4.69, 9.17) is 4.84 Å². The second kappa shape index (κ2) is 8.10. The van der Waals surface area contributed by atoms with E-state index < -0.39 is 5.60 Å². The van der Waals surface area contributed by atoms with Crippen LogP contribution >= 0.6 is 0 Å². The fraction of sp³-hybridized carbons (Fsp3) is 0.682. The highest BCUT2D eigenvalue weighted by Crippen LogP contribution is 2.60. The molecule has 1 aromatic carbocycles. The average molecular weight is 359 g/mol. The van der Waals surface area contributed by atoms with E-state index in [2.05, 4.69) is 61.4 Å². The van der Waals surface area contributed by atoms with Gasteiger partial charge in [0.05, 0.1) is 5.60 Å². The third kappa shape index (κ3) is 3.96. The van der Waals surface area contributed by atoms with Gasteiger partial charge in [-0.3, -0.25) is 0 Å². The van der Waals surface area contributed by atoms with Crippen molar-refractivity contribution in [3.05, 3.63) is 35.9 Å². The number of hydrogen-bond donors (Lipinski definition) is 1. The summed E-state index contributed by atoms with van der Waals surface area (Å²) in [5, 5.41) is 15.7. The summed E-state index contributed by atoms with van der Waals surface area (Å²) < 4.78 is 0. The molecule has 144 valence electrons. The molecule has 4 atom stereocenters. The highest BCUT2D eigenvalue weighted by molar-refractivity contribution is 5.62. The molecule has 0 heterocycles. The van der Waals surface area contributed by atoms with E-state index in [-0.39, 0.29) is 5.41 Å². The molecule has 2 saturated carbocycles. The smallest absolute Gasteiger partial charge is 0.118 e. The minimum Gasteiger partial charge on any atom is -0.396 e. The maximum Gasteiger partial charge on any atom is 0.118 e. The van der Waals surface area contributed by atoms with Crippen molar-refractivity contribution in [2.75, 3.05) is 27.2 Å². The largest absolute Gasteiger partial charge is 0.396 e. The summed E-state index contributed by atoms with van der Waals surface area (Å²) in [5.41, 5.74) is 0.687. The molecule has 0 unspecified atom stereocenters. The number of oxime groups is 1. The molecule has 3 rings (SSSR count). The van der Waals surface area contributed by atoms with Crippen LogP contribution in [0.25, 0.3) is 0 Å². The third-order valence-electron chi connectivity index (χ3n) is 6.77. The summed E-state index contributed by atoms with van der Waals surface area (Å²) in [6.07, 6.45) is 7.85. The van der Waals surface area contributed by atoms with Crippen LogP contribution < -0.4 is 0 Å². The molecule has 0 aromatic heterocycles. The minimum absolute atomic E-state index is 0.0885. The van der Waals surface area contributed by atoms with Crippen molar-refractivity contribution in [1.82, 2.24) is 4.90 Å². The quantitative estimate of drug-likeness (QED) is 0.454. The molecular weight excluding hydrogens is 324 g/mol. The first kappa shape index (κ1) is 19.4. The van der Waals surface area contributed by atoms with Gasteiger partial charge in [-0.15, -0.1) is 0 Å². The summed E-state index contributed by atoms with van der Waals surface area (Å²) >= 11 is 0. The molecule has 2 fully saturated rings. The number of rotatable bonds is 7. The van der Waals surface area contributed by atoms with Gasteiger partial charge in [0.1, 0.15) is 6.61 Å². The highest BCUT2D eigenvalue weighted by Gasteiger charge is 2.58. The SMILES string of the molecule is CN(C)CCCO/N=C/[C@H]1CC[C@]2(O)C[C@@H](c3ccccc3)CC[C@]12C. The summed E-state index contributed by atoms with van der Waals surface area (Å²) in [4.78, 5) is 7.60. The molecule has 0 spiro atoms. The molecule has 4 nitrogen and oxygen atoms in total. The molecule has 4 heteroatoms. The van der Waals surface area contributed by atoms with Gasteiger partial charge in [-0.05, 0) is 64.1 Å². The molecule has 1 N–H and O–H groups in total. The lowest BCUT2D eigenvalue weighted by atomic mass is 9.59. The Hall–Kier alpha value is -1.39. The Labute approximate surface area is 158 Å². The van der Waals surface area contributed by atoms with Crippen LogP contribution in [-0.4, -0.2) is 49.1 Å². The normalized spacial score (nSPS) is 34.3. The monoisotopic (exact) mass is 358 g/mol. The molecule has 0 radical (unpaired) electrons. The van der Waals surface area contributed by atoms with Gasteiger partial charge in [0, 0.05) is 24.1 Å². The standard InChI is InChI=1S/C22H34N2O2/c1-21-12-10-19(18-8-5-4-6-9-18)16-22(21,25)13-11-20(21)17-23-26-15-7-14-24(2)3/h4-6,8-9,17,19-20,25H,7,10-16H2,1-3H3/b23-17+/t19-,20+,21+,22-/m0/s1. The second-order valence-electron chi connectivity index (χ2n) is 8.69. The van der Waals surface area contributed by atoms with Crippen molar-refractivity contribution in [3.8, 4) is 0 Å². The van der Waals surface area contributed by atoms with Crippen LogP contribution in [-0.2, 0) is 4.84 Å². The molecule has 2 aliphatic rings. The van der Waals surface area contributed by atoms with Crippen LogP contribution in [0, 0.1) is 11.3 Å². The van der Waals surface area contributed by atoms with Crippen LogP contribution in [0.4, 0.5) is 0 Å². The highest BCUT2D eigenvalue weighted by atomic mass is 16.6. The maximum absolute atomic E-state index is 11.5. The van der Waals surface area contributed by atoms with E-state index in [9.17, 15) is 5.11 Å². The van der Waals surface area contributed by atoms with Crippen molar-refractivity contribution < 1.29 is 9.94 Å². The summed E-state index contributed by atoms with van der Waals surface area (Å²) in [7, 11) is 4.13. The van der Waals surface area contributed by atoms with E-state index >= 15 is 0 Å². The van der Waals surface area contributed by atoms with E-state index in [0.29, 0.717) is 18.4 Å². The van der Waals surface area contributed by atoms with Gasteiger partial charge >= 0.3 is 0 Å². The number of nitrogens with zero attached hydrogens (tertiary/aromatic N) is 2. The van der Waals surface area contributed by atoms with Crippen LogP contribution in [0.2, 0.25) is 0 Å². The first-order valence-electron chi connectivity index (χ1n) is 10.0. The van der Waals surface area contributed by atoms with E-state index in [1.165, 1.54) is 5.56 Å². The number of hydrogen-bond acceptors (Lipinski definition) is 4. The fourth-order valence-corrected chi connectivity index (χ4v) is 4.94. The fourth-order valence-electron chi connectivity index (χ4n) is 4.94. The van der Waals surface area contributed by atoms with Crippen LogP contribution in [0.5, 0.6) is 0 Å². The zero-order chi connectivity index (χ0) is 18.6. The lowest BCUT2D eigenvalue weighted by Gasteiger charge is -2.48. The Balaban J connectivity index is 1.58. The topological polar surface area (TPSA) is 45.1 Å². The molecule has 26 heavy (non-hydrogen) atoms. The van der Waals surface area contributed by atoms with Gasteiger partial charge in [0.2, 0.25) is 0 Å². The molecule has 0 bridgehead atoms. The Morgan fingerprint density at radius 2 is 2.00 bits per heavy atom. The van der Waals surface area contributed by atoms with Crippen LogP contribution in [0.3, 0.4) is 0 Å². The van der Waals surface area contributed by atoms with Gasteiger partial charge in [-0.2, -0.15) is 0 Å². The number of fused-ring (bicyclic) bond motifs is 1. The lowest BCUT2D eigenvalue weighted by Crippen LogP contribution is -2.49. The zero-order valence-corrected chi connectivity index (χ0v) is 16.5. The minimum atomic E-state index is -0.590. The molecule has 0 saturated heterocycles. The predicted octanol–water partition coefficient (Wildman–Crippen LogP) is 4.06. The molecule has 0 aliphatic heterocycles. The Morgan fingerprint density at radius 3 is 2.73 bits per heavy atom. The molecule has 1 aromatic rings. The van der Waals surface area contributed by atoms with Crippen molar-refractivity contribution >= 4 is 6.21 Å². The lowest BCUT2D eigenvalue weighted by molar-refractivity contribution is -0.0959. The molecule has 2 aliphatic carbocycles. The molecule has 0 amide bonds. The Morgan fingerprint density at radius 1 is 1.23 bits per heavy atom. The van der Waals surface area contributed by atoms with Crippen molar-refractivity contribution in [1.29, 1.82) is 0 Å². The van der Waals surface area contributed by atoms with Gasteiger partial charge < -0.3 is 14.8 Å². The number of benzene rings is 1. The van der Waals surface area contributed by atoms with E-state index in [1.807, 2.05) is 6.21 Å². The van der Waals surface area contributed by atoms with Crippen LogP contribution in [0.1, 0.15) is 56.9 Å². The average Bonchev–Trinajstić information content (AvgIpc) is 2.89. The zero-order valence-electron chi connectivity index (χ0n) is 16.5. The predicted molar refractivity (Wildman–Crippen MR) is 106 cm³/mol. The third-order valence-corrected chi connectivity index (χ3v) is 6.77. The van der Waals surface area contributed by atoms with Crippen molar-refractivity contribution in [2.24, 2.45) is 16.5 Å². The number of aliphatic hydroxyl groups is 1. The van der Waals surface area contributed by atoms with Gasteiger partial charge in [0.25, 0.3) is 0 Å². The Kier molecular flexibility index (Phi) is 6.03. The van der Waals surface area contributed by atoms with Crippen LogP contribution in [0.15, 0.2) is 35.5 Å². The van der Waals surface area contributed by atoms with Crippen molar-refractivity contribution in [2.45, 2.75) is 57.0 Å². The van der Waals surface area contributed by atoms with Gasteiger partial charge in [0.15, 0.2) is 0 Å². The summed E-state index contributed by atoms with van der Waals surface area (Å²) in [6, 6.07) is 10.7. The molecular formula is C22H34N2O2. The first-order valence-corrected chi connectivity index (χ1v) is 10.0. The second-order valence-corrected chi connectivity index (χ2v) is 8.69. The van der Waals surface area contributed by atoms with E-state index in [1.54, 1.807) is 0 Å². The summed E-state index contributed by atoms with van der Waals surface area (Å²) in [6.45, 7) is 3.92. The van der Waals surface area contributed by atoms with Gasteiger partial charge in [-0.1, -0.05) is 42.4 Å². The Bertz CT molecular complexity index is 603. The van der Waals surface area contributed by atoms with E-state index in [0.717, 1.165) is 45.1 Å². The van der Waals surface area contributed by atoms with Gasteiger partial charge in [-0.25, -0.2) is 0 Å². The maximum atomic E-state index is 11.5. The first-order chi connectivity index (χ1) is 12.4. The van der Waals surface area contributed by atoms with Crippen molar-refractivity contribution in [3.63, 3.8) is 0 Å².